The minimum atomic E-state index is -0.386. The smallest absolute Gasteiger partial charge is 0.319 e. The van der Waals surface area contributed by atoms with Crippen LogP contribution in [0.15, 0.2) is 42.6 Å². The molecule has 1 atom stereocenters. The third-order valence-corrected chi connectivity index (χ3v) is 2.81. The number of rotatable bonds is 6. The molecule has 0 saturated heterocycles. The van der Waals surface area contributed by atoms with Gasteiger partial charge in [0.2, 0.25) is 5.88 Å². The number of aromatic nitrogens is 1. The topological polar surface area (TPSA) is 72.5 Å². The molecule has 1 heterocycles. The summed E-state index contributed by atoms with van der Waals surface area (Å²) >= 11 is 0. The first-order chi connectivity index (χ1) is 11.1. The van der Waals surface area contributed by atoms with Gasteiger partial charge in [-0.25, -0.2) is 14.2 Å². The van der Waals surface area contributed by atoms with Gasteiger partial charge in [-0.2, -0.15) is 0 Å². The highest BCUT2D eigenvalue weighted by Crippen LogP contribution is 2.20. The zero-order chi connectivity index (χ0) is 16.7. The van der Waals surface area contributed by atoms with E-state index in [1.165, 1.54) is 18.3 Å². The number of carbonyl (C=O) groups is 1. The summed E-state index contributed by atoms with van der Waals surface area (Å²) in [4.78, 5) is 15.8. The summed E-state index contributed by atoms with van der Waals surface area (Å²) in [6.45, 7) is 2.25. The van der Waals surface area contributed by atoms with E-state index in [4.69, 9.17) is 9.47 Å². The number of benzene rings is 1. The van der Waals surface area contributed by atoms with Crippen molar-refractivity contribution in [3.05, 3.63) is 48.4 Å². The summed E-state index contributed by atoms with van der Waals surface area (Å²) in [5, 5.41) is 5.36. The second-order valence-corrected chi connectivity index (χ2v) is 4.90. The fourth-order valence-electron chi connectivity index (χ4n) is 1.85. The SMILES string of the molecule is COCC(C)NC(=O)Nc1ccc(Oc2cccc(F)c2)nc1. The summed E-state index contributed by atoms with van der Waals surface area (Å²) < 4.78 is 23.4. The highest BCUT2D eigenvalue weighted by atomic mass is 19.1. The van der Waals surface area contributed by atoms with E-state index in [9.17, 15) is 9.18 Å². The standard InChI is InChI=1S/C16H18FN3O3/c1-11(10-22-2)19-16(21)20-13-6-7-15(18-9-13)23-14-5-3-4-12(17)8-14/h3-9,11H,10H2,1-2H3,(H2,19,20,21). The minimum absolute atomic E-state index is 0.108. The molecule has 2 aromatic rings. The van der Waals surface area contributed by atoms with E-state index in [2.05, 4.69) is 15.6 Å². The first-order valence-electron chi connectivity index (χ1n) is 7.03. The predicted octanol–water partition coefficient (Wildman–Crippen LogP) is 3.17. The van der Waals surface area contributed by atoms with Gasteiger partial charge in [0.25, 0.3) is 0 Å². The van der Waals surface area contributed by atoms with Gasteiger partial charge in [0.1, 0.15) is 11.6 Å². The largest absolute Gasteiger partial charge is 0.439 e. The molecule has 122 valence electrons. The van der Waals surface area contributed by atoms with Crippen LogP contribution in [0.2, 0.25) is 0 Å². The van der Waals surface area contributed by atoms with Crippen LogP contribution in [0.5, 0.6) is 11.6 Å². The van der Waals surface area contributed by atoms with Crippen LogP contribution in [-0.4, -0.2) is 30.8 Å². The van der Waals surface area contributed by atoms with Gasteiger partial charge in [-0.15, -0.1) is 0 Å². The molecule has 0 aliphatic carbocycles. The van der Waals surface area contributed by atoms with Crippen molar-refractivity contribution in [1.29, 1.82) is 0 Å². The number of methoxy groups -OCH3 is 1. The molecule has 2 rings (SSSR count). The zero-order valence-corrected chi connectivity index (χ0v) is 12.9. The van der Waals surface area contributed by atoms with Gasteiger partial charge in [-0.3, -0.25) is 0 Å². The summed E-state index contributed by atoms with van der Waals surface area (Å²) in [5.41, 5.74) is 0.513. The Balaban J connectivity index is 1.90. The Hall–Kier alpha value is -2.67. The molecule has 2 amide bonds. The van der Waals surface area contributed by atoms with Crippen LogP contribution in [0.4, 0.5) is 14.9 Å². The molecule has 7 heteroatoms. The molecular weight excluding hydrogens is 301 g/mol. The number of hydrogen-bond acceptors (Lipinski definition) is 4. The Morgan fingerprint density at radius 2 is 2.17 bits per heavy atom. The van der Waals surface area contributed by atoms with Crippen LogP contribution in [0.25, 0.3) is 0 Å². The number of nitrogens with zero attached hydrogens (tertiary/aromatic N) is 1. The van der Waals surface area contributed by atoms with Crippen LogP contribution in [-0.2, 0) is 4.74 Å². The number of ether oxygens (including phenoxy) is 2. The number of amides is 2. The molecule has 0 bridgehead atoms. The Labute approximate surface area is 133 Å². The fourth-order valence-corrected chi connectivity index (χ4v) is 1.85. The highest BCUT2D eigenvalue weighted by molar-refractivity contribution is 5.89. The average Bonchev–Trinajstić information content (AvgIpc) is 2.49. The average molecular weight is 319 g/mol. The van der Waals surface area contributed by atoms with Gasteiger partial charge in [0, 0.05) is 19.2 Å². The van der Waals surface area contributed by atoms with Crippen LogP contribution in [0, 0.1) is 5.82 Å². The number of pyridine rings is 1. The lowest BCUT2D eigenvalue weighted by atomic mass is 10.3. The maximum atomic E-state index is 13.1. The molecule has 0 fully saturated rings. The van der Waals surface area contributed by atoms with Crippen LogP contribution >= 0.6 is 0 Å². The normalized spacial score (nSPS) is 11.6. The van der Waals surface area contributed by atoms with Crippen molar-refractivity contribution in [2.75, 3.05) is 19.0 Å². The first-order valence-corrected chi connectivity index (χ1v) is 7.03. The van der Waals surface area contributed by atoms with Crippen molar-refractivity contribution >= 4 is 11.7 Å². The fraction of sp³-hybridized carbons (Fsp3) is 0.250. The Morgan fingerprint density at radius 3 is 2.83 bits per heavy atom. The summed E-state index contributed by atoms with van der Waals surface area (Å²) in [7, 11) is 1.57. The predicted molar refractivity (Wildman–Crippen MR) is 84.2 cm³/mol. The zero-order valence-electron chi connectivity index (χ0n) is 12.9. The van der Waals surface area contributed by atoms with Crippen LogP contribution in [0.3, 0.4) is 0 Å². The van der Waals surface area contributed by atoms with Crippen molar-refractivity contribution in [3.63, 3.8) is 0 Å². The van der Waals surface area contributed by atoms with Gasteiger partial charge >= 0.3 is 6.03 Å². The molecule has 0 aliphatic rings. The summed E-state index contributed by atoms with van der Waals surface area (Å²) in [5.74, 6) is 0.265. The van der Waals surface area contributed by atoms with E-state index in [0.29, 0.717) is 23.9 Å². The highest BCUT2D eigenvalue weighted by Gasteiger charge is 2.07. The number of halogens is 1. The number of carbonyl (C=O) groups excluding carboxylic acids is 1. The van der Waals surface area contributed by atoms with E-state index >= 15 is 0 Å². The van der Waals surface area contributed by atoms with Crippen LogP contribution in [0.1, 0.15) is 6.92 Å². The third-order valence-electron chi connectivity index (χ3n) is 2.81. The number of anilines is 1. The number of hydrogen-bond donors (Lipinski definition) is 2. The molecule has 0 aliphatic heterocycles. The van der Waals surface area contributed by atoms with Crippen molar-refractivity contribution in [3.8, 4) is 11.6 Å². The van der Waals surface area contributed by atoms with Crippen LogP contribution < -0.4 is 15.4 Å². The number of urea groups is 1. The van der Waals surface area contributed by atoms with E-state index in [-0.39, 0.29) is 17.9 Å². The summed E-state index contributed by atoms with van der Waals surface area (Å²) in [6, 6.07) is 8.53. The Kier molecular flexibility index (Phi) is 5.87. The molecule has 23 heavy (non-hydrogen) atoms. The van der Waals surface area contributed by atoms with E-state index in [0.717, 1.165) is 0 Å². The second-order valence-electron chi connectivity index (χ2n) is 4.90. The van der Waals surface area contributed by atoms with Gasteiger partial charge < -0.3 is 20.1 Å². The van der Waals surface area contributed by atoms with Gasteiger partial charge in [0.15, 0.2) is 0 Å². The maximum Gasteiger partial charge on any atom is 0.319 e. The maximum absolute atomic E-state index is 13.1. The molecule has 1 unspecified atom stereocenters. The molecular formula is C16H18FN3O3. The summed E-state index contributed by atoms with van der Waals surface area (Å²) in [6.07, 6.45) is 1.45. The van der Waals surface area contributed by atoms with Gasteiger partial charge in [0.05, 0.1) is 24.5 Å². The quantitative estimate of drug-likeness (QED) is 0.858. The van der Waals surface area contributed by atoms with Gasteiger partial charge in [-0.05, 0) is 25.1 Å². The lowest BCUT2D eigenvalue weighted by Crippen LogP contribution is -2.38. The molecule has 1 aromatic carbocycles. The Morgan fingerprint density at radius 1 is 1.35 bits per heavy atom. The lowest BCUT2D eigenvalue weighted by molar-refractivity contribution is 0.173. The first kappa shape index (κ1) is 16.7. The van der Waals surface area contributed by atoms with Gasteiger partial charge in [-0.1, -0.05) is 6.07 Å². The third kappa shape index (κ3) is 5.55. The molecule has 6 nitrogen and oxygen atoms in total. The molecule has 0 saturated carbocycles. The molecule has 2 N–H and O–H groups in total. The molecule has 1 aromatic heterocycles. The van der Waals surface area contributed by atoms with E-state index in [1.54, 1.807) is 31.4 Å². The second kappa shape index (κ2) is 8.09. The minimum Gasteiger partial charge on any atom is -0.439 e. The molecule has 0 radical (unpaired) electrons. The van der Waals surface area contributed by atoms with Crippen molar-refractivity contribution in [1.82, 2.24) is 10.3 Å². The van der Waals surface area contributed by atoms with E-state index in [1.807, 2.05) is 6.92 Å². The van der Waals surface area contributed by atoms with Crippen molar-refractivity contribution in [2.24, 2.45) is 0 Å². The number of nitrogens with one attached hydrogen (secondary N) is 2. The van der Waals surface area contributed by atoms with E-state index < -0.39 is 0 Å². The molecule has 0 spiro atoms. The van der Waals surface area contributed by atoms with Crippen molar-refractivity contribution < 1.29 is 18.7 Å². The van der Waals surface area contributed by atoms with Crippen molar-refractivity contribution in [2.45, 2.75) is 13.0 Å². The Bertz CT molecular complexity index is 649. The monoisotopic (exact) mass is 319 g/mol. The lowest BCUT2D eigenvalue weighted by Gasteiger charge is -2.13.